The average Bonchev–Trinajstić information content (AvgIpc) is 3.38. The van der Waals surface area contributed by atoms with Gasteiger partial charge in [-0.25, -0.2) is 13.2 Å². The predicted octanol–water partition coefficient (Wildman–Crippen LogP) is 2.78. The topological polar surface area (TPSA) is 132 Å². The summed E-state index contributed by atoms with van der Waals surface area (Å²) in [5, 5.41) is 6.29. The maximum Gasteiger partial charge on any atom is 0.374 e. The number of ether oxygens (including phenoxy) is 1. The third kappa shape index (κ3) is 5.16. The van der Waals surface area contributed by atoms with Crippen molar-refractivity contribution in [1.29, 1.82) is 0 Å². The van der Waals surface area contributed by atoms with Crippen molar-refractivity contribution in [3.05, 3.63) is 29.7 Å². The summed E-state index contributed by atoms with van der Waals surface area (Å²) in [5.41, 5.74) is -0.228. The number of hydrogen-bond donors (Lipinski definition) is 1. The standard InChI is InChI=1S/C20H27N3O7S/c1-5-28-19(25)14-6-7-17(29-14)31(26,27)23-10-8-13(9-11-23)18(24)21-16-12-15(30-22-16)20(2,3)4/h6-7,12-13H,5,8-11H2,1-4H3,(H,21,22,24). The molecule has 1 amide bonds. The van der Waals surface area contributed by atoms with Crippen LogP contribution in [0.15, 0.2) is 32.2 Å². The zero-order valence-corrected chi connectivity index (χ0v) is 18.8. The Balaban J connectivity index is 1.59. The van der Waals surface area contributed by atoms with Crippen LogP contribution in [-0.2, 0) is 25.0 Å². The Morgan fingerprint density at radius 3 is 2.52 bits per heavy atom. The fourth-order valence-corrected chi connectivity index (χ4v) is 4.55. The first-order valence-electron chi connectivity index (χ1n) is 10.1. The molecule has 1 N–H and O–H groups in total. The van der Waals surface area contributed by atoms with Crippen LogP contribution in [0.5, 0.6) is 0 Å². The molecule has 31 heavy (non-hydrogen) atoms. The van der Waals surface area contributed by atoms with Crippen molar-refractivity contribution in [2.45, 2.75) is 51.0 Å². The van der Waals surface area contributed by atoms with Gasteiger partial charge in [-0.05, 0) is 31.9 Å². The van der Waals surface area contributed by atoms with Gasteiger partial charge in [-0.2, -0.15) is 4.31 Å². The van der Waals surface area contributed by atoms with Crippen molar-refractivity contribution in [3.8, 4) is 0 Å². The zero-order valence-electron chi connectivity index (χ0n) is 18.0. The molecule has 2 aromatic rings. The summed E-state index contributed by atoms with van der Waals surface area (Å²) in [4.78, 5) is 24.3. The first kappa shape index (κ1) is 23.0. The number of anilines is 1. The molecule has 1 aliphatic heterocycles. The van der Waals surface area contributed by atoms with E-state index in [2.05, 4.69) is 10.5 Å². The fraction of sp³-hybridized carbons (Fsp3) is 0.550. The minimum absolute atomic E-state index is 0.155. The number of rotatable bonds is 6. The number of furan rings is 1. The number of esters is 1. The van der Waals surface area contributed by atoms with Gasteiger partial charge < -0.3 is 19.0 Å². The quantitative estimate of drug-likeness (QED) is 0.661. The van der Waals surface area contributed by atoms with Gasteiger partial charge in [0.05, 0.1) is 6.61 Å². The molecule has 3 rings (SSSR count). The molecule has 3 heterocycles. The van der Waals surface area contributed by atoms with Crippen molar-refractivity contribution in [2.24, 2.45) is 5.92 Å². The van der Waals surface area contributed by atoms with E-state index in [-0.39, 0.29) is 47.8 Å². The lowest BCUT2D eigenvalue weighted by atomic mass is 9.93. The van der Waals surface area contributed by atoms with E-state index in [1.54, 1.807) is 13.0 Å². The molecule has 0 aliphatic carbocycles. The van der Waals surface area contributed by atoms with Crippen molar-refractivity contribution in [3.63, 3.8) is 0 Å². The van der Waals surface area contributed by atoms with Crippen molar-refractivity contribution in [2.75, 3.05) is 25.0 Å². The first-order valence-corrected chi connectivity index (χ1v) is 11.5. The Labute approximate surface area is 180 Å². The number of aromatic nitrogens is 1. The summed E-state index contributed by atoms with van der Waals surface area (Å²) in [5.74, 6) is -0.475. The van der Waals surface area contributed by atoms with Crippen LogP contribution in [0.1, 0.15) is 56.9 Å². The maximum atomic E-state index is 12.8. The molecule has 0 bridgehead atoms. The van der Waals surface area contributed by atoms with Gasteiger partial charge in [-0.1, -0.05) is 25.9 Å². The van der Waals surface area contributed by atoms with E-state index in [0.29, 0.717) is 24.4 Å². The summed E-state index contributed by atoms with van der Waals surface area (Å²) < 4.78 is 42.1. The maximum absolute atomic E-state index is 12.8. The van der Waals surface area contributed by atoms with Crippen LogP contribution in [0.4, 0.5) is 5.82 Å². The van der Waals surface area contributed by atoms with E-state index in [9.17, 15) is 18.0 Å². The van der Waals surface area contributed by atoms with Gasteiger partial charge >= 0.3 is 5.97 Å². The third-order valence-electron chi connectivity index (χ3n) is 4.98. The summed E-state index contributed by atoms with van der Waals surface area (Å²) in [6.07, 6.45) is 0.695. The summed E-state index contributed by atoms with van der Waals surface area (Å²) in [7, 11) is -3.91. The van der Waals surface area contributed by atoms with E-state index in [4.69, 9.17) is 13.7 Å². The molecule has 170 valence electrons. The monoisotopic (exact) mass is 453 g/mol. The number of nitrogens with zero attached hydrogens (tertiary/aromatic N) is 2. The number of sulfonamides is 1. The lowest BCUT2D eigenvalue weighted by Gasteiger charge is -2.29. The molecule has 0 aromatic carbocycles. The highest BCUT2D eigenvalue weighted by atomic mass is 32.2. The number of nitrogens with one attached hydrogen (secondary N) is 1. The Morgan fingerprint density at radius 1 is 1.26 bits per heavy atom. The molecule has 2 aromatic heterocycles. The Kier molecular flexibility index (Phi) is 6.56. The minimum Gasteiger partial charge on any atom is -0.460 e. The highest BCUT2D eigenvalue weighted by molar-refractivity contribution is 7.89. The van der Waals surface area contributed by atoms with Gasteiger partial charge in [-0.15, -0.1) is 0 Å². The van der Waals surface area contributed by atoms with E-state index in [1.807, 2.05) is 20.8 Å². The van der Waals surface area contributed by atoms with E-state index < -0.39 is 16.0 Å². The number of hydrogen-bond acceptors (Lipinski definition) is 8. The fourth-order valence-electron chi connectivity index (χ4n) is 3.17. The summed E-state index contributed by atoms with van der Waals surface area (Å²) in [6.45, 7) is 8.04. The molecule has 0 unspecified atom stereocenters. The molecule has 1 fully saturated rings. The largest absolute Gasteiger partial charge is 0.460 e. The van der Waals surface area contributed by atoms with Gasteiger partial charge in [0.1, 0.15) is 5.76 Å². The van der Waals surface area contributed by atoms with E-state index in [1.165, 1.54) is 16.4 Å². The minimum atomic E-state index is -3.91. The second-order valence-corrected chi connectivity index (χ2v) is 10.2. The highest BCUT2D eigenvalue weighted by Crippen LogP contribution is 2.27. The van der Waals surface area contributed by atoms with Gasteiger partial charge in [0.2, 0.25) is 16.8 Å². The molecule has 1 saturated heterocycles. The average molecular weight is 454 g/mol. The van der Waals surface area contributed by atoms with Crippen LogP contribution in [-0.4, -0.2) is 49.5 Å². The lowest BCUT2D eigenvalue weighted by Crippen LogP contribution is -2.41. The molecular weight excluding hydrogens is 426 g/mol. The van der Waals surface area contributed by atoms with Gasteiger partial charge in [0, 0.05) is 30.5 Å². The normalized spacial score (nSPS) is 16.3. The number of carbonyl (C=O) groups excluding carboxylic acids is 2. The third-order valence-corrected chi connectivity index (χ3v) is 6.75. The number of piperidine rings is 1. The van der Waals surface area contributed by atoms with Crippen molar-refractivity contribution in [1.82, 2.24) is 9.46 Å². The predicted molar refractivity (Wildman–Crippen MR) is 110 cm³/mol. The molecule has 10 nitrogen and oxygen atoms in total. The molecule has 0 spiro atoms. The molecule has 0 saturated carbocycles. The first-order chi connectivity index (χ1) is 14.5. The SMILES string of the molecule is CCOC(=O)c1ccc(S(=O)(=O)N2CCC(C(=O)Nc3cc(C(C)(C)C)on3)CC2)o1. The smallest absolute Gasteiger partial charge is 0.374 e. The van der Waals surface area contributed by atoms with Crippen molar-refractivity contribution < 1.29 is 31.7 Å². The van der Waals surface area contributed by atoms with Crippen molar-refractivity contribution >= 4 is 27.7 Å². The van der Waals surface area contributed by atoms with Crippen LogP contribution < -0.4 is 5.32 Å². The Morgan fingerprint density at radius 2 is 1.94 bits per heavy atom. The zero-order chi connectivity index (χ0) is 22.8. The van der Waals surface area contributed by atoms with Crippen LogP contribution in [0.25, 0.3) is 0 Å². The van der Waals surface area contributed by atoms with Crippen LogP contribution in [0, 0.1) is 5.92 Å². The Hall–Kier alpha value is -2.66. The van der Waals surface area contributed by atoms with Crippen LogP contribution in [0.3, 0.4) is 0 Å². The van der Waals surface area contributed by atoms with E-state index in [0.717, 1.165) is 0 Å². The van der Waals surface area contributed by atoms with Gasteiger partial charge in [0.15, 0.2) is 5.82 Å². The molecular formula is C20H27N3O7S. The molecule has 0 atom stereocenters. The van der Waals surface area contributed by atoms with Gasteiger partial charge in [-0.3, -0.25) is 4.79 Å². The van der Waals surface area contributed by atoms with Gasteiger partial charge in [0.25, 0.3) is 10.0 Å². The second kappa shape index (κ2) is 8.83. The van der Waals surface area contributed by atoms with Crippen LogP contribution >= 0.6 is 0 Å². The second-order valence-electron chi connectivity index (χ2n) is 8.33. The molecule has 1 aliphatic rings. The Bertz CT molecular complexity index is 1040. The number of amides is 1. The van der Waals surface area contributed by atoms with Crippen LogP contribution in [0.2, 0.25) is 0 Å². The number of carbonyl (C=O) groups is 2. The lowest BCUT2D eigenvalue weighted by molar-refractivity contribution is -0.121. The molecule has 0 radical (unpaired) electrons. The summed E-state index contributed by atoms with van der Waals surface area (Å²) in [6, 6.07) is 4.20. The molecule has 11 heteroatoms. The van der Waals surface area contributed by atoms with E-state index >= 15 is 0 Å². The highest BCUT2D eigenvalue weighted by Gasteiger charge is 2.34. The summed E-state index contributed by atoms with van der Waals surface area (Å²) >= 11 is 0.